The number of hydrogen-bond acceptors (Lipinski definition) is 2. The lowest BCUT2D eigenvalue weighted by Gasteiger charge is -2.34. The van der Waals surface area contributed by atoms with Crippen LogP contribution >= 0.6 is 0 Å². The molecule has 2 nitrogen and oxygen atoms in total. The Bertz CT molecular complexity index is 130. The van der Waals surface area contributed by atoms with E-state index in [1.54, 1.807) is 0 Å². The van der Waals surface area contributed by atoms with Gasteiger partial charge in [-0.2, -0.15) is 0 Å². The molecule has 13 heavy (non-hydrogen) atoms. The molecule has 1 heterocycles. The van der Waals surface area contributed by atoms with E-state index in [1.807, 2.05) is 0 Å². The second kappa shape index (κ2) is 5.61. The van der Waals surface area contributed by atoms with Crippen LogP contribution in [0, 0.1) is 0 Å². The third-order valence-electron chi connectivity index (χ3n) is 2.80. The Morgan fingerprint density at radius 2 is 2.15 bits per heavy atom. The second-order valence-corrected chi connectivity index (χ2v) is 4.35. The van der Waals surface area contributed by atoms with Crippen molar-refractivity contribution in [2.75, 3.05) is 19.8 Å². The van der Waals surface area contributed by atoms with E-state index >= 15 is 0 Å². The normalized spacial score (nSPS) is 29.1. The Labute approximate surface area is 82.0 Å². The van der Waals surface area contributed by atoms with E-state index in [0.717, 1.165) is 19.8 Å². The van der Waals surface area contributed by atoms with E-state index in [-0.39, 0.29) is 5.54 Å². The summed E-state index contributed by atoms with van der Waals surface area (Å²) in [5.41, 5.74) is 0.256. The van der Waals surface area contributed by atoms with Gasteiger partial charge in [-0.05, 0) is 13.3 Å². The molecule has 1 aliphatic rings. The molecule has 0 radical (unpaired) electrons. The van der Waals surface area contributed by atoms with Gasteiger partial charge in [0.15, 0.2) is 0 Å². The lowest BCUT2D eigenvalue weighted by molar-refractivity contribution is 0.0305. The first-order valence-electron chi connectivity index (χ1n) is 5.60. The molecular formula is C11H23NO. The van der Waals surface area contributed by atoms with Crippen molar-refractivity contribution in [1.29, 1.82) is 0 Å². The van der Waals surface area contributed by atoms with Crippen molar-refractivity contribution in [2.24, 2.45) is 0 Å². The van der Waals surface area contributed by atoms with E-state index in [0.29, 0.717) is 0 Å². The van der Waals surface area contributed by atoms with E-state index in [9.17, 15) is 0 Å². The van der Waals surface area contributed by atoms with E-state index in [4.69, 9.17) is 4.74 Å². The average Bonchev–Trinajstić information content (AvgIpc) is 2.14. The number of ether oxygens (including phenoxy) is 1. The second-order valence-electron chi connectivity index (χ2n) is 4.35. The fraction of sp³-hybridized carbons (Fsp3) is 1.00. The van der Waals surface area contributed by atoms with Gasteiger partial charge in [-0.15, -0.1) is 0 Å². The number of rotatable bonds is 5. The topological polar surface area (TPSA) is 21.3 Å². The monoisotopic (exact) mass is 185 g/mol. The van der Waals surface area contributed by atoms with Crippen LogP contribution in [0.15, 0.2) is 0 Å². The van der Waals surface area contributed by atoms with Crippen molar-refractivity contribution in [3.63, 3.8) is 0 Å². The molecule has 1 unspecified atom stereocenters. The lowest BCUT2D eigenvalue weighted by Crippen LogP contribution is -2.51. The summed E-state index contributed by atoms with van der Waals surface area (Å²) in [6.07, 6.45) is 6.65. The minimum Gasteiger partial charge on any atom is -0.378 e. The first kappa shape index (κ1) is 11.0. The molecule has 0 saturated carbocycles. The Morgan fingerprint density at radius 3 is 2.77 bits per heavy atom. The van der Waals surface area contributed by atoms with Gasteiger partial charge >= 0.3 is 0 Å². The minimum absolute atomic E-state index is 0.256. The van der Waals surface area contributed by atoms with Crippen molar-refractivity contribution in [3.05, 3.63) is 0 Å². The minimum atomic E-state index is 0.256. The largest absolute Gasteiger partial charge is 0.378 e. The van der Waals surface area contributed by atoms with Gasteiger partial charge in [-0.25, -0.2) is 0 Å². The van der Waals surface area contributed by atoms with Gasteiger partial charge in [0.05, 0.1) is 13.2 Å². The van der Waals surface area contributed by atoms with Gasteiger partial charge in [0, 0.05) is 12.1 Å². The maximum Gasteiger partial charge on any atom is 0.0646 e. The molecule has 0 spiro atoms. The van der Waals surface area contributed by atoms with E-state index in [1.165, 1.54) is 32.1 Å². The van der Waals surface area contributed by atoms with Gasteiger partial charge in [0.2, 0.25) is 0 Å². The van der Waals surface area contributed by atoms with Crippen LogP contribution in [0.2, 0.25) is 0 Å². The standard InChI is InChI=1S/C11H23NO/c1-3-4-5-6-7-11(2)10-13-9-8-12-11/h12H,3-10H2,1-2H3. The van der Waals surface area contributed by atoms with Crippen LogP contribution in [0.5, 0.6) is 0 Å². The molecule has 0 aromatic heterocycles. The highest BCUT2D eigenvalue weighted by atomic mass is 16.5. The third kappa shape index (κ3) is 4.10. The van der Waals surface area contributed by atoms with Crippen LogP contribution in [0.3, 0.4) is 0 Å². The van der Waals surface area contributed by atoms with Crippen molar-refractivity contribution in [1.82, 2.24) is 5.32 Å². The van der Waals surface area contributed by atoms with Crippen molar-refractivity contribution in [2.45, 2.75) is 51.5 Å². The van der Waals surface area contributed by atoms with Gasteiger partial charge in [0.25, 0.3) is 0 Å². The van der Waals surface area contributed by atoms with E-state index in [2.05, 4.69) is 19.2 Å². The van der Waals surface area contributed by atoms with Crippen LogP contribution < -0.4 is 5.32 Å². The molecule has 78 valence electrons. The van der Waals surface area contributed by atoms with Gasteiger partial charge in [0.1, 0.15) is 0 Å². The van der Waals surface area contributed by atoms with Crippen LogP contribution in [0.4, 0.5) is 0 Å². The molecule has 0 aromatic carbocycles. The molecule has 1 saturated heterocycles. The molecule has 2 heteroatoms. The summed E-state index contributed by atoms with van der Waals surface area (Å²) >= 11 is 0. The highest BCUT2D eigenvalue weighted by Crippen LogP contribution is 2.17. The van der Waals surface area contributed by atoms with Crippen LogP contribution in [0.25, 0.3) is 0 Å². The molecule has 0 bridgehead atoms. The molecule has 0 aliphatic carbocycles. The average molecular weight is 185 g/mol. The number of unbranched alkanes of at least 4 members (excludes halogenated alkanes) is 3. The molecule has 1 N–H and O–H groups in total. The van der Waals surface area contributed by atoms with Gasteiger partial charge in [-0.3, -0.25) is 0 Å². The number of morpholine rings is 1. The first-order chi connectivity index (χ1) is 6.27. The first-order valence-corrected chi connectivity index (χ1v) is 5.60. The maximum atomic E-state index is 5.48. The summed E-state index contributed by atoms with van der Waals surface area (Å²) in [5, 5.41) is 3.55. The zero-order chi connectivity index (χ0) is 9.57. The molecule has 1 atom stereocenters. The summed E-state index contributed by atoms with van der Waals surface area (Å²) in [5.74, 6) is 0. The van der Waals surface area contributed by atoms with Gasteiger partial charge in [-0.1, -0.05) is 32.6 Å². The summed E-state index contributed by atoms with van der Waals surface area (Å²) in [7, 11) is 0. The summed E-state index contributed by atoms with van der Waals surface area (Å²) in [6.45, 7) is 7.32. The summed E-state index contributed by atoms with van der Waals surface area (Å²) in [6, 6.07) is 0. The Morgan fingerprint density at radius 1 is 1.31 bits per heavy atom. The predicted octanol–water partition coefficient (Wildman–Crippen LogP) is 2.34. The van der Waals surface area contributed by atoms with Crippen molar-refractivity contribution in [3.8, 4) is 0 Å². The third-order valence-corrected chi connectivity index (χ3v) is 2.80. The van der Waals surface area contributed by atoms with Crippen LogP contribution in [-0.2, 0) is 4.74 Å². The highest BCUT2D eigenvalue weighted by Gasteiger charge is 2.25. The van der Waals surface area contributed by atoms with Crippen LogP contribution in [0.1, 0.15) is 46.0 Å². The molecule has 1 fully saturated rings. The molecule has 0 amide bonds. The molecule has 0 aromatic rings. The summed E-state index contributed by atoms with van der Waals surface area (Å²) < 4.78 is 5.48. The van der Waals surface area contributed by atoms with E-state index < -0.39 is 0 Å². The zero-order valence-corrected chi connectivity index (χ0v) is 9.07. The lowest BCUT2D eigenvalue weighted by atomic mass is 9.94. The quantitative estimate of drug-likeness (QED) is 0.664. The molecule has 1 rings (SSSR count). The Kier molecular flexibility index (Phi) is 4.74. The molecule has 1 aliphatic heterocycles. The SMILES string of the molecule is CCCCCCC1(C)COCCN1. The fourth-order valence-electron chi connectivity index (χ4n) is 1.88. The number of nitrogens with one attached hydrogen (secondary N) is 1. The number of hydrogen-bond donors (Lipinski definition) is 1. The van der Waals surface area contributed by atoms with Crippen molar-refractivity contribution < 1.29 is 4.74 Å². The van der Waals surface area contributed by atoms with Gasteiger partial charge < -0.3 is 10.1 Å². The van der Waals surface area contributed by atoms with Crippen LogP contribution in [-0.4, -0.2) is 25.3 Å². The zero-order valence-electron chi connectivity index (χ0n) is 9.07. The smallest absolute Gasteiger partial charge is 0.0646 e. The molecular weight excluding hydrogens is 162 g/mol. The Hall–Kier alpha value is -0.0800. The fourth-order valence-corrected chi connectivity index (χ4v) is 1.88. The maximum absolute atomic E-state index is 5.48. The predicted molar refractivity (Wildman–Crippen MR) is 56.0 cm³/mol. The summed E-state index contributed by atoms with van der Waals surface area (Å²) in [4.78, 5) is 0. The highest BCUT2D eigenvalue weighted by molar-refractivity contribution is 4.85. The Balaban J connectivity index is 2.10. The van der Waals surface area contributed by atoms with Crippen molar-refractivity contribution >= 4 is 0 Å².